The van der Waals surface area contributed by atoms with Crippen LogP contribution in [0.25, 0.3) is 0 Å². The number of ether oxygens (including phenoxy) is 2. The number of esters is 2. The molecule has 0 radical (unpaired) electrons. The average Bonchev–Trinajstić information content (AvgIpc) is 2.99. The van der Waals surface area contributed by atoms with Crippen molar-refractivity contribution < 1.29 is 24.2 Å². The fourth-order valence-electron chi connectivity index (χ4n) is 4.48. The van der Waals surface area contributed by atoms with Gasteiger partial charge in [0, 0.05) is 17.5 Å². The lowest BCUT2D eigenvalue weighted by atomic mass is 9.78. The number of hydrogen-bond acceptors (Lipinski definition) is 5. The maximum atomic E-state index is 12.8. The van der Waals surface area contributed by atoms with Crippen molar-refractivity contribution in [2.24, 2.45) is 0 Å². The number of aromatic hydroxyl groups is 1. The first kappa shape index (κ1) is 26.8. The van der Waals surface area contributed by atoms with Crippen LogP contribution in [0, 0.1) is 6.92 Å². The van der Waals surface area contributed by atoms with Crippen LogP contribution >= 0.6 is 0 Å². The minimum absolute atomic E-state index is 0.120. The first-order valence-electron chi connectivity index (χ1n) is 12.3. The Morgan fingerprint density at radius 2 is 1.40 bits per heavy atom. The Labute approximate surface area is 209 Å². The van der Waals surface area contributed by atoms with Crippen LogP contribution in [0.5, 0.6) is 11.5 Å². The largest absolute Gasteiger partial charge is 0.507 e. The molecule has 1 atom stereocenters. The Balaban J connectivity index is 1.83. The Bertz CT molecular complexity index is 1120. The molecule has 0 spiro atoms. The summed E-state index contributed by atoms with van der Waals surface area (Å²) in [4.78, 5) is 25.5. The number of hydrogen-bond donors (Lipinski definition) is 1. The zero-order valence-corrected chi connectivity index (χ0v) is 22.9. The molecule has 0 saturated heterocycles. The summed E-state index contributed by atoms with van der Waals surface area (Å²) in [7, 11) is 0. The third-order valence-corrected chi connectivity index (χ3v) is 6.42. The minimum atomic E-state index is -1.05. The average molecular weight is 481 g/mol. The summed E-state index contributed by atoms with van der Waals surface area (Å²) < 4.78 is 11.2. The lowest BCUT2D eigenvalue weighted by Crippen LogP contribution is -2.19. The highest BCUT2D eigenvalue weighted by Crippen LogP contribution is 2.44. The maximum Gasteiger partial charge on any atom is 0.357 e. The van der Waals surface area contributed by atoms with Crippen molar-refractivity contribution in [3.05, 3.63) is 57.6 Å². The maximum absolute atomic E-state index is 12.8. The van der Waals surface area contributed by atoms with Crippen LogP contribution in [0.1, 0.15) is 108 Å². The fraction of sp³-hybridized carbons (Fsp3) is 0.533. The number of rotatable bonds is 4. The molecule has 0 amide bonds. The number of carbonyl (C=O) groups excluding carboxylic acids is 2. The highest BCUT2D eigenvalue weighted by atomic mass is 16.6. The molecule has 1 unspecified atom stereocenters. The van der Waals surface area contributed by atoms with E-state index in [0.717, 1.165) is 27.8 Å². The Hall–Kier alpha value is -2.82. The van der Waals surface area contributed by atoms with E-state index in [1.165, 1.54) is 0 Å². The molecule has 35 heavy (non-hydrogen) atoms. The molecular weight excluding hydrogens is 440 g/mol. The first-order valence-corrected chi connectivity index (χ1v) is 12.3. The summed E-state index contributed by atoms with van der Waals surface area (Å²) >= 11 is 0. The normalized spacial score (nSPS) is 16.2. The van der Waals surface area contributed by atoms with E-state index >= 15 is 0 Å². The van der Waals surface area contributed by atoms with E-state index in [1.807, 2.05) is 31.2 Å². The molecule has 0 aromatic heterocycles. The van der Waals surface area contributed by atoms with Gasteiger partial charge in [-0.1, -0.05) is 86.1 Å². The summed E-state index contributed by atoms with van der Waals surface area (Å²) in [6.45, 7) is 20.5. The topological polar surface area (TPSA) is 72.8 Å². The second-order valence-corrected chi connectivity index (χ2v) is 12.8. The van der Waals surface area contributed by atoms with E-state index in [4.69, 9.17) is 9.47 Å². The van der Waals surface area contributed by atoms with Gasteiger partial charge in [-0.3, -0.25) is 4.79 Å². The van der Waals surface area contributed by atoms with Crippen LogP contribution in [0.3, 0.4) is 0 Å². The Morgan fingerprint density at radius 1 is 0.886 bits per heavy atom. The standard InChI is InChI=1S/C30H40O5/c1-17-13-19-25(22(14-17)30(8,9)10)35-27(33)26(19)34-23(31)12-11-18-15-20(28(2,3)4)24(32)21(16-18)29(5,6)7/h13-16,26,32H,11-12H2,1-10H3. The Morgan fingerprint density at radius 3 is 1.89 bits per heavy atom. The van der Waals surface area contributed by atoms with E-state index in [0.29, 0.717) is 23.5 Å². The molecule has 2 aromatic carbocycles. The second-order valence-electron chi connectivity index (χ2n) is 12.8. The summed E-state index contributed by atoms with van der Waals surface area (Å²) in [6, 6.07) is 7.81. The molecule has 1 N–H and O–H groups in total. The zero-order valence-electron chi connectivity index (χ0n) is 22.9. The van der Waals surface area contributed by atoms with Gasteiger partial charge in [0.25, 0.3) is 0 Å². The van der Waals surface area contributed by atoms with Gasteiger partial charge >= 0.3 is 11.9 Å². The third kappa shape index (κ3) is 5.71. The van der Waals surface area contributed by atoms with Crippen molar-refractivity contribution in [3.8, 4) is 11.5 Å². The number of benzene rings is 2. The first-order chi connectivity index (χ1) is 15.9. The Kier molecular flexibility index (Phi) is 6.88. The highest BCUT2D eigenvalue weighted by molar-refractivity contribution is 5.88. The van der Waals surface area contributed by atoms with Crippen LogP contribution in [-0.4, -0.2) is 17.0 Å². The van der Waals surface area contributed by atoms with Crippen molar-refractivity contribution in [2.45, 2.75) is 104 Å². The lowest BCUT2D eigenvalue weighted by Gasteiger charge is -2.28. The van der Waals surface area contributed by atoms with Gasteiger partial charge in [-0.2, -0.15) is 0 Å². The van der Waals surface area contributed by atoms with E-state index in [1.54, 1.807) is 0 Å². The molecule has 0 saturated carbocycles. The molecule has 1 aliphatic heterocycles. The van der Waals surface area contributed by atoms with Crippen LogP contribution in [-0.2, 0) is 37.0 Å². The van der Waals surface area contributed by atoms with Crippen LogP contribution in [0.15, 0.2) is 24.3 Å². The van der Waals surface area contributed by atoms with Crippen molar-refractivity contribution in [3.63, 3.8) is 0 Å². The summed E-state index contributed by atoms with van der Waals surface area (Å²) in [6.07, 6.45) is -0.482. The fourth-order valence-corrected chi connectivity index (χ4v) is 4.48. The molecule has 190 valence electrons. The van der Waals surface area contributed by atoms with Crippen molar-refractivity contribution in [1.29, 1.82) is 0 Å². The molecule has 0 fully saturated rings. The van der Waals surface area contributed by atoms with Crippen molar-refractivity contribution >= 4 is 11.9 Å². The number of aryl methyl sites for hydroxylation is 2. The SMILES string of the molecule is Cc1cc2c(c(C(C)(C)C)c1)OC(=O)C2OC(=O)CCc1cc(C(C)(C)C)c(O)c(C(C)(C)C)c1. The van der Waals surface area contributed by atoms with Gasteiger partial charge in [0.15, 0.2) is 0 Å². The molecule has 1 heterocycles. The minimum Gasteiger partial charge on any atom is -0.507 e. The number of phenolic OH excluding ortho intramolecular Hbond substituents is 1. The van der Waals surface area contributed by atoms with Crippen molar-refractivity contribution in [1.82, 2.24) is 0 Å². The molecule has 1 aliphatic rings. The van der Waals surface area contributed by atoms with E-state index in [2.05, 4.69) is 62.3 Å². The van der Waals surface area contributed by atoms with E-state index < -0.39 is 18.0 Å². The molecule has 5 nitrogen and oxygen atoms in total. The quantitative estimate of drug-likeness (QED) is 0.388. The molecule has 5 heteroatoms. The van der Waals surface area contributed by atoms with Crippen LogP contribution < -0.4 is 4.74 Å². The lowest BCUT2D eigenvalue weighted by molar-refractivity contribution is -0.160. The molecule has 2 aromatic rings. The van der Waals surface area contributed by atoms with E-state index in [-0.39, 0.29) is 22.7 Å². The van der Waals surface area contributed by atoms with E-state index in [9.17, 15) is 14.7 Å². The zero-order chi connectivity index (χ0) is 26.5. The van der Waals surface area contributed by atoms with Crippen molar-refractivity contribution in [2.75, 3.05) is 0 Å². The van der Waals surface area contributed by atoms with Gasteiger partial charge < -0.3 is 14.6 Å². The second kappa shape index (κ2) is 9.00. The van der Waals surface area contributed by atoms with Gasteiger partial charge in [-0.25, -0.2) is 4.79 Å². The molecular formula is C30H40O5. The molecule has 0 bridgehead atoms. The number of phenols is 1. The van der Waals surface area contributed by atoms with Gasteiger partial charge in [-0.05, 0) is 52.3 Å². The van der Waals surface area contributed by atoms with Gasteiger partial charge in [0.2, 0.25) is 6.10 Å². The van der Waals surface area contributed by atoms with Crippen LogP contribution in [0.4, 0.5) is 0 Å². The van der Waals surface area contributed by atoms with Gasteiger partial charge in [0.1, 0.15) is 11.5 Å². The third-order valence-electron chi connectivity index (χ3n) is 6.42. The summed E-state index contributed by atoms with van der Waals surface area (Å²) in [5, 5.41) is 10.9. The smallest absolute Gasteiger partial charge is 0.357 e. The predicted molar refractivity (Wildman–Crippen MR) is 138 cm³/mol. The highest BCUT2D eigenvalue weighted by Gasteiger charge is 2.40. The summed E-state index contributed by atoms with van der Waals surface area (Å²) in [5.74, 6) is -0.193. The monoisotopic (exact) mass is 480 g/mol. The number of fused-ring (bicyclic) bond motifs is 1. The van der Waals surface area contributed by atoms with Gasteiger partial charge in [-0.15, -0.1) is 0 Å². The van der Waals surface area contributed by atoms with Crippen LogP contribution in [0.2, 0.25) is 0 Å². The molecule has 3 rings (SSSR count). The number of carbonyl (C=O) groups is 2. The van der Waals surface area contributed by atoms with Gasteiger partial charge in [0.05, 0.1) is 0 Å². The predicted octanol–water partition coefficient (Wildman–Crippen LogP) is 6.73. The summed E-state index contributed by atoms with van der Waals surface area (Å²) in [5.41, 5.74) is 4.47. The molecule has 0 aliphatic carbocycles.